The Morgan fingerprint density at radius 3 is 1.88 bits per heavy atom. The lowest BCUT2D eigenvalue weighted by Gasteiger charge is -1.98. The number of hydrazone groups is 1. The molecule has 0 saturated carbocycles. The highest BCUT2D eigenvalue weighted by Gasteiger charge is 1.97. The number of unbranched alkanes of at least 4 members (excludes halogenated alkanes) is 4. The van der Waals surface area contributed by atoms with Gasteiger partial charge in [0.25, 0.3) is 5.84 Å². The average molecular weight is 287 g/mol. The number of amidine groups is 1. The van der Waals surface area contributed by atoms with Crippen LogP contribution in [-0.4, -0.2) is 18.3 Å². The van der Waals surface area contributed by atoms with E-state index in [2.05, 4.69) is 10.1 Å². The van der Waals surface area contributed by atoms with E-state index < -0.39 is 0 Å². The van der Waals surface area contributed by atoms with Crippen LogP contribution in [0.5, 0.6) is 0 Å². The second-order valence-electron chi connectivity index (χ2n) is 3.57. The van der Waals surface area contributed by atoms with Gasteiger partial charge in [0, 0.05) is 0 Å². The van der Waals surface area contributed by atoms with Gasteiger partial charge < -0.3 is 24.8 Å². The summed E-state index contributed by atoms with van der Waals surface area (Å²) in [6, 6.07) is 0. The van der Waals surface area contributed by atoms with Crippen LogP contribution in [0.1, 0.15) is 38.5 Å². The Morgan fingerprint density at radius 1 is 0.824 bits per heavy atom. The van der Waals surface area contributed by atoms with E-state index in [0.717, 1.165) is 25.8 Å². The van der Waals surface area contributed by atoms with Gasteiger partial charge in [-0.1, -0.05) is 19.3 Å². The third-order valence-electron chi connectivity index (χ3n) is 2.14. The molecule has 0 amide bonds. The zero-order valence-corrected chi connectivity index (χ0v) is 11.5. The Bertz CT molecular complexity index is 216. The molecule has 0 spiro atoms. The van der Waals surface area contributed by atoms with Crippen molar-refractivity contribution in [1.29, 1.82) is 0 Å². The topological polar surface area (TPSA) is 132 Å². The van der Waals surface area contributed by atoms with Gasteiger partial charge in [-0.2, -0.15) is 5.10 Å². The second-order valence-corrected chi connectivity index (χ2v) is 3.57. The highest BCUT2D eigenvalue weighted by molar-refractivity contribution is 5.73. The van der Waals surface area contributed by atoms with Gasteiger partial charge in [-0.05, 0) is 12.8 Å². The fraction of sp³-hybridized carbons (Fsp3) is 0.778. The smallest absolute Gasteiger partial charge is 0.338 e. The van der Waals surface area contributed by atoms with Gasteiger partial charge in [0.1, 0.15) is 0 Å². The van der Waals surface area contributed by atoms with Crippen LogP contribution in [0.25, 0.3) is 0 Å². The summed E-state index contributed by atoms with van der Waals surface area (Å²) in [5.41, 5.74) is 16.0. The molecule has 6 nitrogen and oxygen atoms in total. The molecule has 0 aromatic carbocycles. The maximum Gasteiger partial charge on any atom is 0.338 e. The van der Waals surface area contributed by atoms with E-state index in [-0.39, 0.29) is 24.8 Å². The van der Waals surface area contributed by atoms with E-state index in [1.54, 1.807) is 0 Å². The molecular formula is C9H24Cl2N6. The minimum atomic E-state index is 0. The molecule has 0 aliphatic rings. The number of nitrogens with one attached hydrogen (secondary N) is 2. The van der Waals surface area contributed by atoms with E-state index in [1.807, 2.05) is 0 Å². The third-order valence-corrected chi connectivity index (χ3v) is 2.14. The molecule has 0 aliphatic heterocycles. The lowest BCUT2D eigenvalue weighted by atomic mass is 10.1. The first-order chi connectivity index (χ1) is 7.16. The Balaban J connectivity index is -0.000000980. The van der Waals surface area contributed by atoms with Crippen molar-refractivity contribution in [3.63, 3.8) is 0 Å². The maximum absolute atomic E-state index is 5.51. The minimum Gasteiger partial charge on any atom is -1.00 e. The van der Waals surface area contributed by atoms with Gasteiger partial charge in [-0.15, -0.1) is 0 Å². The monoisotopic (exact) mass is 286 g/mol. The van der Waals surface area contributed by atoms with Gasteiger partial charge >= 0.3 is 5.96 Å². The molecule has 17 heavy (non-hydrogen) atoms. The van der Waals surface area contributed by atoms with Gasteiger partial charge in [-0.25, -0.2) is 0 Å². The number of nitrogens with two attached hydrogens (primary N) is 4. The van der Waals surface area contributed by atoms with Crippen LogP contribution in [0.2, 0.25) is 0 Å². The zero-order chi connectivity index (χ0) is 11.5. The molecule has 0 rings (SSSR count). The first kappa shape index (κ1) is 21.4. The van der Waals surface area contributed by atoms with Crippen molar-refractivity contribution in [2.24, 2.45) is 23.0 Å². The molecule has 0 aromatic rings. The molecule has 0 aliphatic carbocycles. The quantitative estimate of drug-likeness (QED) is 0.0869. The van der Waals surface area contributed by atoms with E-state index in [0.29, 0.717) is 11.8 Å². The maximum atomic E-state index is 5.51. The summed E-state index contributed by atoms with van der Waals surface area (Å²) in [6.07, 6.45) is 6.56. The van der Waals surface area contributed by atoms with Crippen molar-refractivity contribution in [2.75, 3.05) is 6.54 Å². The molecule has 0 atom stereocenters. The first-order valence-corrected chi connectivity index (χ1v) is 5.36. The van der Waals surface area contributed by atoms with Crippen LogP contribution < -0.4 is 58.0 Å². The van der Waals surface area contributed by atoms with E-state index in [1.165, 1.54) is 19.3 Å². The van der Waals surface area contributed by atoms with Crippen molar-refractivity contribution >= 4 is 11.8 Å². The van der Waals surface area contributed by atoms with Crippen molar-refractivity contribution in [1.82, 2.24) is 0 Å². The van der Waals surface area contributed by atoms with Crippen molar-refractivity contribution in [3.05, 3.63) is 0 Å². The van der Waals surface area contributed by atoms with Gasteiger partial charge in [0.2, 0.25) is 0 Å². The summed E-state index contributed by atoms with van der Waals surface area (Å²) in [5, 5.41) is 2.44. The predicted molar refractivity (Wildman–Crippen MR) is 61.3 cm³/mol. The Morgan fingerprint density at radius 2 is 1.35 bits per heavy atom. The highest BCUT2D eigenvalue weighted by atomic mass is 35.5. The second kappa shape index (κ2) is 15.1. The molecule has 0 saturated heterocycles. The Labute approximate surface area is 115 Å². The van der Waals surface area contributed by atoms with Crippen LogP contribution in [0.4, 0.5) is 0 Å². The lowest BCUT2D eigenvalue weighted by Crippen LogP contribution is -3.00. The highest BCUT2D eigenvalue weighted by Crippen LogP contribution is 2.03. The third kappa shape index (κ3) is 17.7. The molecule has 0 radical (unpaired) electrons. The lowest BCUT2D eigenvalue weighted by molar-refractivity contribution is -0.471. The summed E-state index contributed by atoms with van der Waals surface area (Å²) < 4.78 is 0. The van der Waals surface area contributed by atoms with Crippen LogP contribution in [-0.2, 0) is 0 Å². The van der Waals surface area contributed by atoms with E-state index in [4.69, 9.17) is 23.0 Å². The average Bonchev–Trinajstić information content (AvgIpc) is 2.21. The van der Waals surface area contributed by atoms with E-state index >= 15 is 0 Å². The molecule has 0 unspecified atom stereocenters. The number of hydrogen-bond acceptors (Lipinski definition) is 1. The molecular weight excluding hydrogens is 263 g/mol. The SMILES string of the molecule is N[NH+]=C(N)CCCCCCC[NH+]=C(N)N.[Cl-].[Cl-]. The predicted octanol–water partition coefficient (Wildman–Crippen LogP) is -10.00. The summed E-state index contributed by atoms with van der Waals surface area (Å²) in [5.74, 6) is 6.09. The molecule has 0 fully saturated rings. The summed E-state index contributed by atoms with van der Waals surface area (Å²) >= 11 is 0. The number of rotatable bonds is 8. The van der Waals surface area contributed by atoms with Crippen LogP contribution in [0, 0.1) is 0 Å². The van der Waals surface area contributed by atoms with Crippen LogP contribution >= 0.6 is 0 Å². The summed E-state index contributed by atoms with van der Waals surface area (Å²) in [4.78, 5) is 2.89. The zero-order valence-electron chi connectivity index (χ0n) is 10.0. The Kier molecular flexibility index (Phi) is 19.0. The van der Waals surface area contributed by atoms with Gasteiger partial charge in [0.15, 0.2) is 0 Å². The summed E-state index contributed by atoms with van der Waals surface area (Å²) in [6.45, 7) is 0.848. The Hall–Kier alpha value is -0.880. The minimum absolute atomic E-state index is 0. The fourth-order valence-corrected chi connectivity index (χ4v) is 1.28. The molecule has 10 N–H and O–H groups in total. The number of hydrazine groups is 1. The van der Waals surface area contributed by atoms with Crippen molar-refractivity contribution in [2.45, 2.75) is 38.5 Å². The summed E-state index contributed by atoms with van der Waals surface area (Å²) in [7, 11) is 0. The first-order valence-electron chi connectivity index (χ1n) is 5.36. The normalized spacial score (nSPS) is 10.0. The largest absolute Gasteiger partial charge is 1.00 e. The van der Waals surface area contributed by atoms with Gasteiger partial charge in [-0.3, -0.25) is 28.0 Å². The van der Waals surface area contributed by atoms with E-state index in [9.17, 15) is 0 Å². The van der Waals surface area contributed by atoms with Crippen molar-refractivity contribution < 1.29 is 34.9 Å². The fourth-order valence-electron chi connectivity index (χ4n) is 1.28. The van der Waals surface area contributed by atoms with Crippen LogP contribution in [0.3, 0.4) is 0 Å². The molecule has 0 aromatic heterocycles. The standard InChI is InChI=1S/C9H22N6.2ClH/c10-8(15-13)6-4-2-1-3-5-7-14-9(11)12;;/h1-7,13H2,(H2,10,15)(H4,11,12,14);2*1H. The van der Waals surface area contributed by atoms with Gasteiger partial charge in [0.05, 0.1) is 13.0 Å². The van der Waals surface area contributed by atoms with Crippen molar-refractivity contribution in [3.8, 4) is 0 Å². The molecule has 0 heterocycles. The number of guanidine groups is 1. The molecule has 0 bridgehead atoms. The number of halogens is 2. The molecule has 104 valence electrons. The van der Waals surface area contributed by atoms with Crippen LogP contribution in [0.15, 0.2) is 0 Å². The molecule has 8 heteroatoms. The number of hydrogen-bond donors (Lipinski definition) is 6.